The topological polar surface area (TPSA) is 72.6 Å². The maximum absolute atomic E-state index is 12.7. The van der Waals surface area contributed by atoms with E-state index in [9.17, 15) is 9.59 Å². The van der Waals surface area contributed by atoms with Crippen LogP contribution in [-0.4, -0.2) is 25.0 Å². The minimum Gasteiger partial charge on any atom is -0.497 e. The van der Waals surface area contributed by atoms with Crippen molar-refractivity contribution in [2.45, 2.75) is 18.9 Å². The van der Waals surface area contributed by atoms with Gasteiger partial charge in [0.05, 0.1) is 13.5 Å². The number of anilines is 1. The van der Waals surface area contributed by atoms with E-state index in [2.05, 4.69) is 0 Å². The summed E-state index contributed by atoms with van der Waals surface area (Å²) in [7, 11) is 1.60. The molecule has 3 rings (SSSR count). The molecule has 0 saturated carbocycles. The van der Waals surface area contributed by atoms with Crippen LogP contribution in [0.3, 0.4) is 0 Å². The summed E-state index contributed by atoms with van der Waals surface area (Å²) in [5.41, 5.74) is 8.10. The Morgan fingerprint density at radius 2 is 1.87 bits per heavy atom. The highest BCUT2D eigenvalue weighted by Gasteiger charge is 2.36. The minimum absolute atomic E-state index is 0.135. The summed E-state index contributed by atoms with van der Waals surface area (Å²) in [6.07, 6.45) is 0.683. The number of carbonyl (C=O) groups excluding carboxylic acids is 2. The summed E-state index contributed by atoms with van der Waals surface area (Å²) in [4.78, 5) is 26.0. The first-order valence-corrected chi connectivity index (χ1v) is 7.42. The third kappa shape index (κ3) is 2.90. The molecule has 0 unspecified atom stereocenters. The van der Waals surface area contributed by atoms with E-state index in [1.54, 1.807) is 7.11 Å². The van der Waals surface area contributed by atoms with Crippen LogP contribution in [-0.2, 0) is 22.4 Å². The summed E-state index contributed by atoms with van der Waals surface area (Å²) in [5, 5.41) is 0. The van der Waals surface area contributed by atoms with Gasteiger partial charge in [0.2, 0.25) is 11.8 Å². The highest BCUT2D eigenvalue weighted by Crippen LogP contribution is 2.32. The van der Waals surface area contributed by atoms with Gasteiger partial charge in [0.15, 0.2) is 0 Å². The maximum atomic E-state index is 12.7. The summed E-state index contributed by atoms with van der Waals surface area (Å²) in [6, 6.07) is 14.2. The molecule has 0 fully saturated rings. The van der Waals surface area contributed by atoms with Gasteiger partial charge >= 0.3 is 0 Å². The number of primary amides is 1. The number of rotatable bonds is 4. The van der Waals surface area contributed by atoms with E-state index in [0.717, 1.165) is 22.6 Å². The summed E-state index contributed by atoms with van der Waals surface area (Å²) in [5.74, 6) is 0.121. The van der Waals surface area contributed by atoms with Crippen molar-refractivity contribution in [3.8, 4) is 5.75 Å². The van der Waals surface area contributed by atoms with Crippen LogP contribution >= 0.6 is 0 Å². The minimum atomic E-state index is -0.613. The predicted molar refractivity (Wildman–Crippen MR) is 87.3 cm³/mol. The van der Waals surface area contributed by atoms with Gasteiger partial charge in [-0.2, -0.15) is 0 Å². The molecular weight excluding hydrogens is 292 g/mol. The molecule has 1 aliphatic heterocycles. The normalized spacial score (nSPS) is 16.0. The van der Waals surface area contributed by atoms with E-state index in [1.807, 2.05) is 48.5 Å². The van der Waals surface area contributed by atoms with Crippen molar-refractivity contribution in [3.05, 3.63) is 59.7 Å². The molecule has 118 valence electrons. The monoisotopic (exact) mass is 310 g/mol. The first-order chi connectivity index (χ1) is 11.1. The number of hydrogen-bond donors (Lipinski definition) is 1. The lowest BCUT2D eigenvalue weighted by molar-refractivity contribution is -0.124. The third-order valence-electron chi connectivity index (χ3n) is 4.09. The van der Waals surface area contributed by atoms with Crippen LogP contribution in [0.1, 0.15) is 11.1 Å². The first kappa shape index (κ1) is 15.1. The highest BCUT2D eigenvalue weighted by molar-refractivity contribution is 6.03. The Morgan fingerprint density at radius 3 is 2.52 bits per heavy atom. The molecule has 0 spiro atoms. The molecule has 0 saturated heterocycles. The second kappa shape index (κ2) is 6.12. The zero-order chi connectivity index (χ0) is 16.4. The maximum Gasteiger partial charge on any atom is 0.240 e. The number of hydrogen-bond acceptors (Lipinski definition) is 3. The largest absolute Gasteiger partial charge is 0.497 e. The van der Waals surface area contributed by atoms with Gasteiger partial charge in [-0.1, -0.05) is 30.3 Å². The van der Waals surface area contributed by atoms with Crippen molar-refractivity contribution in [1.29, 1.82) is 0 Å². The lowest BCUT2D eigenvalue weighted by atomic mass is 10.1. The molecule has 1 heterocycles. The SMILES string of the molecule is COc1ccc(CC(=O)N2c3ccccc3C[C@@H]2C(N)=O)cc1. The average Bonchev–Trinajstić information content (AvgIpc) is 2.95. The Labute approximate surface area is 134 Å². The number of amides is 2. The Bertz CT molecular complexity index is 740. The van der Waals surface area contributed by atoms with E-state index in [0.29, 0.717) is 6.42 Å². The number of benzene rings is 2. The number of methoxy groups -OCH3 is 1. The number of fused-ring (bicyclic) bond motifs is 1. The number of ether oxygens (including phenoxy) is 1. The zero-order valence-corrected chi connectivity index (χ0v) is 12.9. The van der Waals surface area contributed by atoms with Crippen LogP contribution in [0.25, 0.3) is 0 Å². The fourth-order valence-electron chi connectivity index (χ4n) is 2.93. The van der Waals surface area contributed by atoms with Gasteiger partial charge in [0.1, 0.15) is 11.8 Å². The molecule has 2 N–H and O–H groups in total. The van der Waals surface area contributed by atoms with Crippen molar-refractivity contribution < 1.29 is 14.3 Å². The van der Waals surface area contributed by atoms with E-state index in [4.69, 9.17) is 10.5 Å². The van der Waals surface area contributed by atoms with Gasteiger partial charge in [-0.05, 0) is 29.3 Å². The Kier molecular flexibility index (Phi) is 4.02. The molecule has 0 radical (unpaired) electrons. The van der Waals surface area contributed by atoms with Gasteiger partial charge in [0, 0.05) is 12.1 Å². The lowest BCUT2D eigenvalue weighted by Crippen LogP contribution is -2.46. The standard InChI is InChI=1S/C18H18N2O3/c1-23-14-8-6-12(7-9-14)10-17(21)20-15-5-3-2-4-13(15)11-16(20)18(19)22/h2-9,16H,10-11H2,1H3,(H2,19,22)/t16-/m1/s1. The fraction of sp³-hybridized carbons (Fsp3) is 0.222. The lowest BCUT2D eigenvalue weighted by Gasteiger charge is -2.23. The zero-order valence-electron chi connectivity index (χ0n) is 12.9. The smallest absolute Gasteiger partial charge is 0.240 e. The van der Waals surface area contributed by atoms with Gasteiger partial charge in [-0.25, -0.2) is 0 Å². The number of nitrogens with two attached hydrogens (primary N) is 1. The molecule has 5 heteroatoms. The van der Waals surface area contributed by atoms with Crippen molar-refractivity contribution in [1.82, 2.24) is 0 Å². The molecule has 2 aromatic carbocycles. The fourth-order valence-corrected chi connectivity index (χ4v) is 2.93. The molecule has 2 aromatic rings. The van der Waals surface area contributed by atoms with Crippen LogP contribution in [0.15, 0.2) is 48.5 Å². The van der Waals surface area contributed by atoms with Crippen LogP contribution in [0, 0.1) is 0 Å². The quantitative estimate of drug-likeness (QED) is 0.934. The summed E-state index contributed by atoms with van der Waals surface area (Å²) < 4.78 is 5.11. The van der Waals surface area contributed by atoms with Gasteiger partial charge < -0.3 is 10.5 Å². The number of carbonyl (C=O) groups is 2. The average molecular weight is 310 g/mol. The number of para-hydroxylation sites is 1. The second-order valence-electron chi connectivity index (χ2n) is 5.54. The molecule has 2 amide bonds. The van der Waals surface area contributed by atoms with Crippen LogP contribution in [0.2, 0.25) is 0 Å². The van der Waals surface area contributed by atoms with E-state index in [-0.39, 0.29) is 12.3 Å². The molecule has 23 heavy (non-hydrogen) atoms. The van der Waals surface area contributed by atoms with Gasteiger partial charge in [0.25, 0.3) is 0 Å². The molecule has 5 nitrogen and oxygen atoms in total. The molecule has 1 atom stereocenters. The second-order valence-corrected chi connectivity index (χ2v) is 5.54. The van der Waals surface area contributed by atoms with Crippen LogP contribution in [0.5, 0.6) is 5.75 Å². The summed E-state index contributed by atoms with van der Waals surface area (Å²) >= 11 is 0. The first-order valence-electron chi connectivity index (χ1n) is 7.42. The number of nitrogens with zero attached hydrogens (tertiary/aromatic N) is 1. The summed E-state index contributed by atoms with van der Waals surface area (Å²) in [6.45, 7) is 0. The van der Waals surface area contributed by atoms with Crippen molar-refractivity contribution in [2.75, 3.05) is 12.0 Å². The van der Waals surface area contributed by atoms with Crippen molar-refractivity contribution in [2.24, 2.45) is 5.73 Å². The van der Waals surface area contributed by atoms with Crippen molar-refractivity contribution in [3.63, 3.8) is 0 Å². The van der Waals surface area contributed by atoms with Crippen molar-refractivity contribution >= 4 is 17.5 Å². The van der Waals surface area contributed by atoms with Crippen LogP contribution < -0.4 is 15.4 Å². The molecule has 0 aromatic heterocycles. The molecular formula is C18H18N2O3. The van der Waals surface area contributed by atoms with Crippen LogP contribution in [0.4, 0.5) is 5.69 Å². The highest BCUT2D eigenvalue weighted by atomic mass is 16.5. The Morgan fingerprint density at radius 1 is 1.17 bits per heavy atom. The van der Waals surface area contributed by atoms with E-state index < -0.39 is 11.9 Å². The van der Waals surface area contributed by atoms with E-state index >= 15 is 0 Å². The van der Waals surface area contributed by atoms with Gasteiger partial charge in [-0.3, -0.25) is 14.5 Å². The third-order valence-corrected chi connectivity index (χ3v) is 4.09. The predicted octanol–water partition coefficient (Wildman–Crippen LogP) is 1.68. The van der Waals surface area contributed by atoms with E-state index in [1.165, 1.54) is 4.90 Å². The molecule has 1 aliphatic rings. The van der Waals surface area contributed by atoms with Gasteiger partial charge in [-0.15, -0.1) is 0 Å². The Balaban J connectivity index is 1.85. The Hall–Kier alpha value is -2.82. The molecule has 0 bridgehead atoms. The molecule has 0 aliphatic carbocycles.